The maximum absolute atomic E-state index is 14.0. The van der Waals surface area contributed by atoms with Gasteiger partial charge in [0.1, 0.15) is 6.04 Å². The lowest BCUT2D eigenvalue weighted by atomic mass is 10.0. The van der Waals surface area contributed by atoms with Crippen LogP contribution in [-0.2, 0) is 30.3 Å². The molecule has 0 saturated carbocycles. The molecular formula is C28H43N5O6. The molecule has 0 heterocycles. The third-order valence-corrected chi connectivity index (χ3v) is 6.03. The molecule has 11 heteroatoms. The van der Waals surface area contributed by atoms with E-state index in [9.17, 15) is 14.4 Å². The SMILES string of the molecule is CCNC(=O)NN(C)CC(=O)NC(COC)C(=O)N(Cc1cccc2ccccc12)C(C)C(OCC)OCC. The summed E-state index contributed by atoms with van der Waals surface area (Å²) in [6.45, 7) is 8.74. The molecule has 39 heavy (non-hydrogen) atoms. The van der Waals surface area contributed by atoms with E-state index in [1.165, 1.54) is 12.1 Å². The number of carbonyl (C=O) groups is 3. The van der Waals surface area contributed by atoms with E-state index in [1.807, 2.05) is 63.2 Å². The Labute approximate surface area is 231 Å². The number of hydrogen-bond acceptors (Lipinski definition) is 7. The van der Waals surface area contributed by atoms with Crippen molar-refractivity contribution in [2.45, 2.75) is 52.6 Å². The van der Waals surface area contributed by atoms with Crippen molar-refractivity contribution in [2.75, 3.05) is 47.1 Å². The van der Waals surface area contributed by atoms with Crippen LogP contribution in [0.25, 0.3) is 10.8 Å². The van der Waals surface area contributed by atoms with Gasteiger partial charge in [-0.15, -0.1) is 0 Å². The molecule has 2 atom stereocenters. The highest BCUT2D eigenvalue weighted by Gasteiger charge is 2.34. The van der Waals surface area contributed by atoms with Gasteiger partial charge in [-0.05, 0) is 44.0 Å². The van der Waals surface area contributed by atoms with Crippen molar-refractivity contribution >= 4 is 28.6 Å². The highest BCUT2D eigenvalue weighted by atomic mass is 16.7. The second-order valence-corrected chi connectivity index (χ2v) is 9.03. The molecule has 2 aromatic carbocycles. The van der Waals surface area contributed by atoms with Crippen LogP contribution in [0.4, 0.5) is 4.79 Å². The number of hydrogen-bond donors (Lipinski definition) is 3. The van der Waals surface area contributed by atoms with Crippen molar-refractivity contribution in [3.05, 3.63) is 48.0 Å². The van der Waals surface area contributed by atoms with Gasteiger partial charge >= 0.3 is 6.03 Å². The quantitative estimate of drug-likeness (QED) is 0.219. The molecule has 0 radical (unpaired) electrons. The molecular weight excluding hydrogens is 502 g/mol. The summed E-state index contributed by atoms with van der Waals surface area (Å²) >= 11 is 0. The van der Waals surface area contributed by atoms with E-state index < -0.39 is 30.3 Å². The van der Waals surface area contributed by atoms with Crippen molar-refractivity contribution in [3.63, 3.8) is 0 Å². The second-order valence-electron chi connectivity index (χ2n) is 9.03. The second kappa shape index (κ2) is 16.7. The van der Waals surface area contributed by atoms with Crippen LogP contribution >= 0.6 is 0 Å². The van der Waals surface area contributed by atoms with Gasteiger partial charge in [0.25, 0.3) is 0 Å². The van der Waals surface area contributed by atoms with Crippen LogP contribution in [0.15, 0.2) is 42.5 Å². The van der Waals surface area contributed by atoms with Crippen molar-refractivity contribution in [3.8, 4) is 0 Å². The number of rotatable bonds is 16. The summed E-state index contributed by atoms with van der Waals surface area (Å²) in [5, 5.41) is 8.79. The zero-order valence-electron chi connectivity index (χ0n) is 23.9. The maximum Gasteiger partial charge on any atom is 0.329 e. The van der Waals surface area contributed by atoms with Crippen molar-refractivity contribution in [1.82, 2.24) is 26.0 Å². The van der Waals surface area contributed by atoms with Gasteiger partial charge in [0.05, 0.1) is 19.2 Å². The number of urea groups is 1. The zero-order chi connectivity index (χ0) is 28.8. The summed E-state index contributed by atoms with van der Waals surface area (Å²) < 4.78 is 17.0. The molecule has 0 bridgehead atoms. The molecule has 2 rings (SSSR count). The normalized spacial score (nSPS) is 12.8. The minimum atomic E-state index is -0.971. The number of benzene rings is 2. The minimum absolute atomic E-state index is 0.0370. The molecule has 0 aromatic heterocycles. The molecule has 216 valence electrons. The molecule has 0 aliphatic carbocycles. The number of methoxy groups -OCH3 is 1. The van der Waals surface area contributed by atoms with E-state index in [4.69, 9.17) is 14.2 Å². The highest BCUT2D eigenvalue weighted by molar-refractivity contribution is 5.90. The van der Waals surface area contributed by atoms with E-state index in [1.54, 1.807) is 18.9 Å². The van der Waals surface area contributed by atoms with Gasteiger partial charge in [0.15, 0.2) is 6.29 Å². The topological polar surface area (TPSA) is 121 Å². The number of fused-ring (bicyclic) bond motifs is 1. The summed E-state index contributed by atoms with van der Waals surface area (Å²) in [7, 11) is 3.03. The Balaban J connectivity index is 2.33. The standard InChI is InChI=1S/C28H43N5O6/c1-7-29-28(36)31-32(5)18-25(34)30-24(19-37-6)26(35)33(20(4)27(38-8-2)39-9-3)17-22-15-12-14-21-13-10-11-16-23(21)22/h10-16,20,24,27H,7-9,17-19H2,1-6H3,(H,30,34)(H2,29,31,36). The van der Waals surface area contributed by atoms with Crippen LogP contribution in [0, 0.1) is 0 Å². The molecule has 3 N–H and O–H groups in total. The summed E-state index contributed by atoms with van der Waals surface area (Å²) in [5.41, 5.74) is 3.49. The monoisotopic (exact) mass is 545 g/mol. The van der Waals surface area contributed by atoms with E-state index in [0.29, 0.717) is 19.8 Å². The van der Waals surface area contributed by atoms with Crippen molar-refractivity contribution in [1.29, 1.82) is 0 Å². The largest absolute Gasteiger partial charge is 0.382 e. The number of nitrogens with one attached hydrogen (secondary N) is 3. The van der Waals surface area contributed by atoms with Gasteiger partial charge in [0, 0.05) is 40.5 Å². The van der Waals surface area contributed by atoms with E-state index in [0.717, 1.165) is 16.3 Å². The summed E-state index contributed by atoms with van der Waals surface area (Å²) in [6.07, 6.45) is -0.662. The zero-order valence-corrected chi connectivity index (χ0v) is 23.9. The number of hydrazine groups is 1. The Hall–Kier alpha value is -3.25. The molecule has 0 fully saturated rings. The summed E-state index contributed by atoms with van der Waals surface area (Å²) in [5.74, 6) is -0.789. The predicted octanol–water partition coefficient (Wildman–Crippen LogP) is 2.25. The van der Waals surface area contributed by atoms with Gasteiger partial charge in [-0.2, -0.15) is 0 Å². The molecule has 0 spiro atoms. The third kappa shape index (κ3) is 9.77. The van der Waals surface area contributed by atoms with E-state index in [2.05, 4.69) is 16.1 Å². The van der Waals surface area contributed by atoms with Crippen molar-refractivity contribution in [2.24, 2.45) is 0 Å². The number of carbonyl (C=O) groups excluding carboxylic acids is 3. The molecule has 0 aliphatic rings. The van der Waals surface area contributed by atoms with Crippen LogP contribution in [0.5, 0.6) is 0 Å². The summed E-state index contributed by atoms with van der Waals surface area (Å²) in [4.78, 5) is 40.3. The van der Waals surface area contributed by atoms with Gasteiger partial charge in [-0.25, -0.2) is 9.80 Å². The van der Waals surface area contributed by atoms with Gasteiger partial charge < -0.3 is 29.7 Å². The highest BCUT2D eigenvalue weighted by Crippen LogP contribution is 2.23. The molecule has 0 aliphatic heterocycles. The van der Waals surface area contributed by atoms with E-state index >= 15 is 0 Å². The van der Waals surface area contributed by atoms with Crippen LogP contribution < -0.4 is 16.1 Å². The van der Waals surface area contributed by atoms with E-state index in [-0.39, 0.29) is 25.6 Å². The first-order chi connectivity index (χ1) is 18.7. The van der Waals surface area contributed by atoms with Gasteiger partial charge in [-0.3, -0.25) is 15.0 Å². The Morgan fingerprint density at radius 2 is 1.64 bits per heavy atom. The lowest BCUT2D eigenvalue weighted by Gasteiger charge is -2.36. The first kappa shape index (κ1) is 32.0. The minimum Gasteiger partial charge on any atom is -0.382 e. The van der Waals surface area contributed by atoms with Crippen molar-refractivity contribution < 1.29 is 28.6 Å². The third-order valence-electron chi connectivity index (χ3n) is 6.03. The lowest BCUT2D eigenvalue weighted by Crippen LogP contribution is -2.57. The molecule has 11 nitrogen and oxygen atoms in total. The number of ether oxygens (including phenoxy) is 3. The molecule has 0 saturated heterocycles. The first-order valence-electron chi connectivity index (χ1n) is 13.3. The number of likely N-dealkylation sites (N-methyl/N-ethyl adjacent to an activating group) is 1. The summed E-state index contributed by atoms with van der Waals surface area (Å²) in [6, 6.07) is 12.1. The van der Waals surface area contributed by atoms with Crippen LogP contribution in [0.3, 0.4) is 0 Å². The average Bonchev–Trinajstić information content (AvgIpc) is 2.90. The van der Waals surface area contributed by atoms with Crippen LogP contribution in [0.1, 0.15) is 33.3 Å². The predicted molar refractivity (Wildman–Crippen MR) is 150 cm³/mol. The Morgan fingerprint density at radius 3 is 2.28 bits per heavy atom. The Bertz CT molecular complexity index is 1060. The average molecular weight is 546 g/mol. The fourth-order valence-corrected chi connectivity index (χ4v) is 4.25. The number of amides is 4. The molecule has 4 amide bonds. The van der Waals surface area contributed by atoms with Gasteiger partial charge in [0.2, 0.25) is 11.8 Å². The fourth-order valence-electron chi connectivity index (χ4n) is 4.25. The number of nitrogens with zero attached hydrogens (tertiary/aromatic N) is 2. The van der Waals surface area contributed by atoms with Crippen LogP contribution in [-0.4, -0.2) is 93.2 Å². The first-order valence-corrected chi connectivity index (χ1v) is 13.3. The molecule has 2 aromatic rings. The molecule has 2 unspecified atom stereocenters. The van der Waals surface area contributed by atoms with Gasteiger partial charge in [-0.1, -0.05) is 42.5 Å². The fraction of sp³-hybridized carbons (Fsp3) is 0.536. The Morgan fingerprint density at radius 1 is 0.974 bits per heavy atom. The Kier molecular flexibility index (Phi) is 13.7. The smallest absolute Gasteiger partial charge is 0.329 e. The maximum atomic E-state index is 14.0. The lowest BCUT2D eigenvalue weighted by molar-refractivity contribution is -0.180. The van der Waals surface area contributed by atoms with Crippen LogP contribution in [0.2, 0.25) is 0 Å².